The predicted octanol–water partition coefficient (Wildman–Crippen LogP) is 7.69. The number of ether oxygens (including phenoxy) is 1. The Kier molecular flexibility index (Phi) is 11.7. The highest BCUT2D eigenvalue weighted by atomic mass is 31.1. The van der Waals surface area contributed by atoms with Gasteiger partial charge in [0.25, 0.3) is 0 Å². The van der Waals surface area contributed by atoms with Gasteiger partial charge in [-0.05, 0) is 73.7 Å². The molecule has 4 aromatic carbocycles. The summed E-state index contributed by atoms with van der Waals surface area (Å²) >= 11 is 0. The smallest absolute Gasteiger partial charge is 0.419 e. The maximum Gasteiger partial charge on any atom is 0.419 e. The quantitative estimate of drug-likeness (QED) is 0.110. The standard InChI is InChI=1S/C40H43N2O6P/c1-40(2,3)48-39(46)42-26-32(34-16-10-11-17-36(34)42)25-35(38(44)45)41-37(43)33(27-49(47)23-22-28-12-6-4-7-13-28)24-29-18-20-31(21-19-29)30-14-8-5-9-15-30/h4-21,26,33,35,47H,22-25,27H2,1-3H3,(H,41,43)(H,44,45)/t33-,35-,49?/m0/s1. The lowest BCUT2D eigenvalue weighted by Crippen LogP contribution is -2.46. The van der Waals surface area contributed by atoms with Gasteiger partial charge < -0.3 is 20.1 Å². The molecule has 254 valence electrons. The number of para-hydroxylation sites is 1. The topological polar surface area (TPSA) is 118 Å². The number of hydrogen-bond donors (Lipinski definition) is 3. The average molecular weight is 679 g/mol. The minimum absolute atomic E-state index is 0.0439. The van der Waals surface area contributed by atoms with Crippen molar-refractivity contribution >= 4 is 37.0 Å². The third-order valence-electron chi connectivity index (χ3n) is 8.27. The first-order valence-corrected chi connectivity index (χ1v) is 18.1. The van der Waals surface area contributed by atoms with E-state index in [0.29, 0.717) is 35.5 Å². The number of carboxylic acids is 1. The molecule has 1 amide bonds. The van der Waals surface area contributed by atoms with Crippen molar-refractivity contribution in [2.45, 2.75) is 51.7 Å². The van der Waals surface area contributed by atoms with E-state index in [2.05, 4.69) is 5.32 Å². The highest BCUT2D eigenvalue weighted by Crippen LogP contribution is 2.35. The Labute approximate surface area is 288 Å². The molecule has 9 heteroatoms. The van der Waals surface area contributed by atoms with Gasteiger partial charge in [0.15, 0.2) is 0 Å². The number of rotatable bonds is 13. The Hall–Kier alpha value is -4.78. The van der Waals surface area contributed by atoms with E-state index in [0.717, 1.165) is 22.3 Å². The lowest BCUT2D eigenvalue weighted by molar-refractivity contribution is -0.142. The molecule has 0 saturated heterocycles. The first kappa shape index (κ1) is 35.5. The van der Waals surface area contributed by atoms with Crippen LogP contribution < -0.4 is 5.32 Å². The van der Waals surface area contributed by atoms with E-state index in [9.17, 15) is 24.4 Å². The molecule has 0 fully saturated rings. The second-order valence-corrected chi connectivity index (χ2v) is 15.1. The van der Waals surface area contributed by atoms with Crippen LogP contribution in [0.25, 0.3) is 22.0 Å². The number of benzene rings is 4. The maximum absolute atomic E-state index is 13.9. The fraction of sp³-hybridized carbons (Fsp3) is 0.275. The summed E-state index contributed by atoms with van der Waals surface area (Å²) in [6, 6.07) is 33.8. The van der Waals surface area contributed by atoms with E-state index < -0.39 is 43.7 Å². The number of aromatic nitrogens is 1. The fourth-order valence-corrected chi connectivity index (χ4v) is 7.32. The molecule has 5 rings (SSSR count). The van der Waals surface area contributed by atoms with Gasteiger partial charge in [0.2, 0.25) is 5.91 Å². The lowest BCUT2D eigenvalue weighted by Gasteiger charge is -2.23. The molecule has 0 aliphatic carbocycles. The molecule has 0 aliphatic heterocycles. The number of carbonyl (C=O) groups excluding carboxylic acids is 2. The molecule has 5 aromatic rings. The van der Waals surface area contributed by atoms with Gasteiger partial charge in [-0.3, -0.25) is 9.36 Å². The normalized spacial score (nSPS) is 13.4. The SMILES string of the molecule is CC(C)(C)OC(=O)n1cc(C[C@H](NC(=O)[C@@H](Cc2ccc(-c3ccccc3)cc2)CP(O)CCc2ccccc2)C(=O)O)c2ccccc21. The summed E-state index contributed by atoms with van der Waals surface area (Å²) in [5, 5.41) is 13.7. The number of nitrogens with one attached hydrogen (secondary N) is 1. The van der Waals surface area contributed by atoms with Gasteiger partial charge in [0.1, 0.15) is 11.6 Å². The number of aryl methyl sites for hydroxylation is 1. The number of carboxylic acid groups (broad SMARTS) is 1. The largest absolute Gasteiger partial charge is 0.480 e. The first-order chi connectivity index (χ1) is 23.5. The van der Waals surface area contributed by atoms with Crippen LogP contribution >= 0.6 is 8.15 Å². The first-order valence-electron chi connectivity index (χ1n) is 16.4. The van der Waals surface area contributed by atoms with E-state index in [1.54, 1.807) is 39.1 Å². The zero-order valence-electron chi connectivity index (χ0n) is 28.1. The molecule has 49 heavy (non-hydrogen) atoms. The van der Waals surface area contributed by atoms with Crippen molar-refractivity contribution in [3.05, 3.63) is 132 Å². The van der Waals surface area contributed by atoms with E-state index >= 15 is 0 Å². The molecule has 3 N–H and O–H groups in total. The minimum Gasteiger partial charge on any atom is -0.480 e. The third-order valence-corrected chi connectivity index (χ3v) is 9.87. The van der Waals surface area contributed by atoms with Gasteiger partial charge >= 0.3 is 12.1 Å². The Morgan fingerprint density at radius 1 is 0.796 bits per heavy atom. The summed E-state index contributed by atoms with van der Waals surface area (Å²) in [7, 11) is -1.51. The predicted molar refractivity (Wildman–Crippen MR) is 195 cm³/mol. The van der Waals surface area contributed by atoms with Crippen LogP contribution in [0.5, 0.6) is 0 Å². The molecule has 0 spiro atoms. The Balaban J connectivity index is 1.35. The summed E-state index contributed by atoms with van der Waals surface area (Å²) in [5.74, 6) is -2.28. The zero-order valence-corrected chi connectivity index (χ0v) is 29.0. The molecule has 1 unspecified atom stereocenters. The summed E-state index contributed by atoms with van der Waals surface area (Å²) in [4.78, 5) is 50.7. The Morgan fingerprint density at radius 3 is 2.06 bits per heavy atom. The number of amides is 1. The van der Waals surface area contributed by atoms with Crippen molar-refractivity contribution in [2.75, 3.05) is 12.3 Å². The molecular weight excluding hydrogens is 635 g/mol. The van der Waals surface area contributed by atoms with Crippen molar-refractivity contribution in [3.63, 3.8) is 0 Å². The number of fused-ring (bicyclic) bond motifs is 1. The monoisotopic (exact) mass is 678 g/mol. The molecule has 8 nitrogen and oxygen atoms in total. The minimum atomic E-state index is -1.51. The van der Waals surface area contributed by atoms with Gasteiger partial charge in [-0.2, -0.15) is 0 Å². The van der Waals surface area contributed by atoms with Crippen LogP contribution in [0.4, 0.5) is 4.79 Å². The second-order valence-electron chi connectivity index (χ2n) is 13.2. The van der Waals surface area contributed by atoms with Gasteiger partial charge in [-0.1, -0.05) is 103 Å². The van der Waals surface area contributed by atoms with Crippen LogP contribution in [-0.4, -0.2) is 56.5 Å². The summed E-state index contributed by atoms with van der Waals surface area (Å²) in [6.07, 6.45) is 2.76. The highest BCUT2D eigenvalue weighted by Gasteiger charge is 2.29. The van der Waals surface area contributed by atoms with Crippen LogP contribution in [0.1, 0.15) is 37.5 Å². The van der Waals surface area contributed by atoms with Crippen molar-refractivity contribution in [2.24, 2.45) is 5.92 Å². The molecule has 0 bridgehead atoms. The van der Waals surface area contributed by atoms with Gasteiger partial charge in [-0.15, -0.1) is 0 Å². The number of nitrogens with zero attached hydrogens (tertiary/aromatic N) is 1. The van der Waals surface area contributed by atoms with E-state index in [-0.39, 0.29) is 12.6 Å². The van der Waals surface area contributed by atoms with Crippen molar-refractivity contribution < 1.29 is 29.1 Å². The van der Waals surface area contributed by atoms with Crippen LogP contribution in [0.2, 0.25) is 0 Å². The van der Waals surface area contributed by atoms with Crippen LogP contribution in [0.3, 0.4) is 0 Å². The average Bonchev–Trinajstić information content (AvgIpc) is 3.45. The summed E-state index contributed by atoms with van der Waals surface area (Å²) in [6.45, 7) is 5.34. The van der Waals surface area contributed by atoms with Crippen LogP contribution in [-0.2, 0) is 33.6 Å². The van der Waals surface area contributed by atoms with Gasteiger partial charge in [-0.25, -0.2) is 9.59 Å². The van der Waals surface area contributed by atoms with E-state index in [1.807, 2.05) is 97.1 Å². The van der Waals surface area contributed by atoms with Gasteiger partial charge in [0, 0.05) is 38.2 Å². The summed E-state index contributed by atoms with van der Waals surface area (Å²) < 4.78 is 6.96. The number of aliphatic carboxylic acids is 1. The Morgan fingerprint density at radius 2 is 1.41 bits per heavy atom. The fourth-order valence-electron chi connectivity index (χ4n) is 5.82. The second kappa shape index (κ2) is 16.1. The lowest BCUT2D eigenvalue weighted by atomic mass is 9.96. The van der Waals surface area contributed by atoms with Crippen molar-refractivity contribution in [3.8, 4) is 11.1 Å². The molecule has 0 aliphatic rings. The van der Waals surface area contributed by atoms with E-state index in [4.69, 9.17) is 4.74 Å². The van der Waals surface area contributed by atoms with E-state index in [1.165, 1.54) is 4.57 Å². The van der Waals surface area contributed by atoms with Gasteiger partial charge in [0.05, 0.1) is 5.52 Å². The molecule has 3 atom stereocenters. The van der Waals surface area contributed by atoms with Crippen LogP contribution in [0, 0.1) is 5.92 Å². The third kappa shape index (κ3) is 9.88. The van der Waals surface area contributed by atoms with Crippen molar-refractivity contribution in [1.82, 2.24) is 9.88 Å². The summed E-state index contributed by atoms with van der Waals surface area (Å²) in [5.41, 5.74) is 4.62. The van der Waals surface area contributed by atoms with Crippen LogP contribution in [0.15, 0.2) is 115 Å². The molecule has 1 aromatic heterocycles. The molecule has 0 saturated carbocycles. The molecule has 1 heterocycles. The number of hydrogen-bond acceptors (Lipinski definition) is 5. The zero-order chi connectivity index (χ0) is 35.0. The molecular formula is C40H43N2O6P. The molecule has 0 radical (unpaired) electrons. The number of carbonyl (C=O) groups is 3. The highest BCUT2D eigenvalue weighted by molar-refractivity contribution is 7.51. The maximum atomic E-state index is 13.9. The Bertz CT molecular complexity index is 1870. The van der Waals surface area contributed by atoms with Crippen molar-refractivity contribution in [1.29, 1.82) is 0 Å².